The first kappa shape index (κ1) is 15.1. The van der Waals surface area contributed by atoms with Crippen molar-refractivity contribution in [2.24, 2.45) is 4.99 Å². The summed E-state index contributed by atoms with van der Waals surface area (Å²) in [6.45, 7) is 4.10. The summed E-state index contributed by atoms with van der Waals surface area (Å²) in [6.07, 6.45) is 0. The van der Waals surface area contributed by atoms with Gasteiger partial charge >= 0.3 is 0 Å². The lowest BCUT2D eigenvalue weighted by Gasteiger charge is -2.13. The third-order valence-corrected chi connectivity index (χ3v) is 3.42. The van der Waals surface area contributed by atoms with Gasteiger partial charge in [0, 0.05) is 16.1 Å². The van der Waals surface area contributed by atoms with Crippen LogP contribution in [0.3, 0.4) is 0 Å². The van der Waals surface area contributed by atoms with Crippen molar-refractivity contribution in [2.45, 2.75) is 19.9 Å². The predicted molar refractivity (Wildman–Crippen MR) is 90.9 cm³/mol. The van der Waals surface area contributed by atoms with Crippen LogP contribution in [0.25, 0.3) is 0 Å². The summed E-state index contributed by atoms with van der Waals surface area (Å²) in [5.74, 6) is 0.824. The standard InChI is InChI=1S/C16H16BrClN2/c1-11(2)19-16(12-6-4-3-5-7-12)20-15-9-8-13(17)10-14(15)18/h3-11H,1-2H3,(H,19,20). The van der Waals surface area contributed by atoms with Gasteiger partial charge in [-0.1, -0.05) is 57.9 Å². The molecule has 0 heterocycles. The van der Waals surface area contributed by atoms with Gasteiger partial charge in [0.1, 0.15) is 5.84 Å². The summed E-state index contributed by atoms with van der Waals surface area (Å²) in [5, 5.41) is 3.98. The van der Waals surface area contributed by atoms with E-state index >= 15 is 0 Å². The maximum atomic E-state index is 6.25. The average molecular weight is 352 g/mol. The quantitative estimate of drug-likeness (QED) is 0.583. The fourth-order valence-electron chi connectivity index (χ4n) is 1.75. The van der Waals surface area contributed by atoms with Crippen molar-refractivity contribution < 1.29 is 0 Å². The summed E-state index contributed by atoms with van der Waals surface area (Å²) < 4.78 is 0.954. The van der Waals surface area contributed by atoms with Crippen LogP contribution < -0.4 is 5.32 Å². The van der Waals surface area contributed by atoms with Gasteiger partial charge in [-0.3, -0.25) is 4.99 Å². The third kappa shape index (κ3) is 4.09. The monoisotopic (exact) mass is 350 g/mol. The molecule has 4 heteroatoms. The Bertz CT molecular complexity index is 609. The van der Waals surface area contributed by atoms with Gasteiger partial charge in [-0.15, -0.1) is 0 Å². The summed E-state index contributed by atoms with van der Waals surface area (Å²) in [5.41, 5.74) is 1.89. The predicted octanol–water partition coefficient (Wildman–Crippen LogP) is 5.37. The van der Waals surface area contributed by atoms with Crippen LogP contribution >= 0.6 is 27.5 Å². The Kier molecular flexibility index (Phi) is 5.21. The lowest BCUT2D eigenvalue weighted by Crippen LogP contribution is -2.16. The Hall–Kier alpha value is -1.32. The average Bonchev–Trinajstić information content (AvgIpc) is 2.41. The second-order valence-corrected chi connectivity index (χ2v) is 6.01. The van der Waals surface area contributed by atoms with Crippen LogP contribution in [0, 0.1) is 0 Å². The Balaban J connectivity index is 2.34. The smallest absolute Gasteiger partial charge is 0.133 e. The fourth-order valence-corrected chi connectivity index (χ4v) is 2.47. The summed E-state index contributed by atoms with van der Waals surface area (Å²) >= 11 is 9.66. The Morgan fingerprint density at radius 2 is 1.85 bits per heavy atom. The molecule has 0 spiro atoms. The number of hydrogen-bond acceptors (Lipinski definition) is 1. The van der Waals surface area contributed by atoms with Crippen molar-refractivity contribution in [3.8, 4) is 0 Å². The van der Waals surface area contributed by atoms with Crippen LogP contribution in [0.4, 0.5) is 5.69 Å². The number of hydrogen-bond donors (Lipinski definition) is 1. The van der Waals surface area contributed by atoms with E-state index in [1.807, 2.05) is 62.4 Å². The maximum Gasteiger partial charge on any atom is 0.133 e. The van der Waals surface area contributed by atoms with Crippen molar-refractivity contribution in [1.82, 2.24) is 0 Å². The van der Waals surface area contributed by atoms with Gasteiger partial charge in [0.25, 0.3) is 0 Å². The highest BCUT2D eigenvalue weighted by atomic mass is 79.9. The van der Waals surface area contributed by atoms with E-state index in [0.29, 0.717) is 5.02 Å². The van der Waals surface area contributed by atoms with Gasteiger partial charge in [0.2, 0.25) is 0 Å². The molecule has 0 amide bonds. The zero-order valence-corrected chi connectivity index (χ0v) is 13.7. The molecule has 20 heavy (non-hydrogen) atoms. The topological polar surface area (TPSA) is 24.4 Å². The van der Waals surface area contributed by atoms with Gasteiger partial charge < -0.3 is 5.32 Å². The first-order valence-corrected chi connectivity index (χ1v) is 7.58. The zero-order valence-electron chi connectivity index (χ0n) is 11.4. The van der Waals surface area contributed by atoms with E-state index in [1.54, 1.807) is 0 Å². The van der Waals surface area contributed by atoms with Crippen LogP contribution in [0.2, 0.25) is 5.02 Å². The van der Waals surface area contributed by atoms with Crippen molar-refractivity contribution in [2.75, 3.05) is 5.32 Å². The Morgan fingerprint density at radius 1 is 1.15 bits per heavy atom. The lowest BCUT2D eigenvalue weighted by atomic mass is 10.2. The normalized spacial score (nSPS) is 11.8. The van der Waals surface area contributed by atoms with E-state index in [1.165, 1.54) is 0 Å². The molecule has 0 atom stereocenters. The first-order chi connectivity index (χ1) is 9.56. The number of nitrogens with one attached hydrogen (secondary N) is 1. The molecule has 0 aliphatic carbocycles. The molecule has 0 saturated heterocycles. The number of nitrogens with zero attached hydrogens (tertiary/aromatic N) is 1. The summed E-state index contributed by atoms with van der Waals surface area (Å²) in [4.78, 5) is 4.64. The molecule has 0 bridgehead atoms. The highest BCUT2D eigenvalue weighted by molar-refractivity contribution is 9.10. The van der Waals surface area contributed by atoms with Crippen LogP contribution in [0.1, 0.15) is 19.4 Å². The van der Waals surface area contributed by atoms with Gasteiger partial charge in [-0.05, 0) is 32.0 Å². The molecule has 104 valence electrons. The van der Waals surface area contributed by atoms with E-state index in [4.69, 9.17) is 11.6 Å². The van der Waals surface area contributed by atoms with E-state index in [-0.39, 0.29) is 6.04 Å². The number of amidine groups is 1. The van der Waals surface area contributed by atoms with Crippen molar-refractivity contribution in [1.29, 1.82) is 0 Å². The number of benzene rings is 2. The number of halogens is 2. The largest absolute Gasteiger partial charge is 0.339 e. The molecule has 0 aliphatic rings. The van der Waals surface area contributed by atoms with E-state index in [9.17, 15) is 0 Å². The van der Waals surface area contributed by atoms with Crippen LogP contribution in [-0.2, 0) is 0 Å². The molecule has 2 rings (SSSR count). The second kappa shape index (κ2) is 6.91. The molecule has 0 saturated carbocycles. The number of rotatable bonds is 3. The van der Waals surface area contributed by atoms with Crippen LogP contribution in [-0.4, -0.2) is 11.9 Å². The minimum atomic E-state index is 0.201. The SMILES string of the molecule is CC(C)N=C(Nc1ccc(Br)cc1Cl)c1ccccc1. The lowest BCUT2D eigenvalue weighted by molar-refractivity contribution is 0.836. The highest BCUT2D eigenvalue weighted by Gasteiger charge is 2.07. The minimum Gasteiger partial charge on any atom is -0.339 e. The molecule has 0 unspecified atom stereocenters. The molecule has 1 N–H and O–H groups in total. The summed E-state index contributed by atoms with van der Waals surface area (Å²) in [7, 11) is 0. The van der Waals surface area contributed by atoms with E-state index < -0.39 is 0 Å². The van der Waals surface area contributed by atoms with Crippen LogP contribution in [0.15, 0.2) is 58.0 Å². The number of anilines is 1. The molecule has 2 nitrogen and oxygen atoms in total. The molecular formula is C16H16BrClN2. The highest BCUT2D eigenvalue weighted by Crippen LogP contribution is 2.26. The maximum absolute atomic E-state index is 6.25. The zero-order chi connectivity index (χ0) is 14.5. The summed E-state index contributed by atoms with van der Waals surface area (Å²) in [6, 6.07) is 16.0. The third-order valence-electron chi connectivity index (χ3n) is 2.62. The molecule has 2 aromatic carbocycles. The Labute approximate surface area is 133 Å². The second-order valence-electron chi connectivity index (χ2n) is 4.69. The molecule has 0 fully saturated rings. The van der Waals surface area contributed by atoms with Gasteiger partial charge in [-0.2, -0.15) is 0 Å². The number of aliphatic imine (C=N–C) groups is 1. The van der Waals surface area contributed by atoms with Gasteiger partial charge in [0.15, 0.2) is 0 Å². The minimum absolute atomic E-state index is 0.201. The van der Waals surface area contributed by atoms with E-state index in [2.05, 4.69) is 26.2 Å². The van der Waals surface area contributed by atoms with Gasteiger partial charge in [-0.25, -0.2) is 0 Å². The Morgan fingerprint density at radius 3 is 2.45 bits per heavy atom. The molecule has 0 aromatic heterocycles. The van der Waals surface area contributed by atoms with Gasteiger partial charge in [0.05, 0.1) is 10.7 Å². The van der Waals surface area contributed by atoms with Crippen LogP contribution in [0.5, 0.6) is 0 Å². The molecular weight excluding hydrogens is 336 g/mol. The van der Waals surface area contributed by atoms with E-state index in [0.717, 1.165) is 21.6 Å². The molecule has 0 aliphatic heterocycles. The fraction of sp³-hybridized carbons (Fsp3) is 0.188. The molecule has 0 radical (unpaired) electrons. The molecule has 2 aromatic rings. The van der Waals surface area contributed by atoms with Crippen molar-refractivity contribution in [3.63, 3.8) is 0 Å². The van der Waals surface area contributed by atoms with Crippen molar-refractivity contribution in [3.05, 3.63) is 63.6 Å². The first-order valence-electron chi connectivity index (χ1n) is 6.41. The van der Waals surface area contributed by atoms with Crippen molar-refractivity contribution >= 4 is 39.1 Å².